The second-order valence-corrected chi connectivity index (χ2v) is 10.5. The molecule has 4 aliphatic rings. The average molecular weight is 420 g/mol. The maximum atomic E-state index is 14.4. The molecule has 2 heterocycles. The number of hydrogen-bond acceptors (Lipinski definition) is 4. The van der Waals surface area contributed by atoms with E-state index in [1.165, 1.54) is 19.3 Å². The molecule has 0 spiro atoms. The first-order valence-corrected chi connectivity index (χ1v) is 11.7. The van der Waals surface area contributed by atoms with Crippen LogP contribution >= 0.6 is 0 Å². The van der Waals surface area contributed by atoms with Crippen LogP contribution in [0.1, 0.15) is 69.9 Å². The number of pyridine rings is 2. The highest BCUT2D eigenvalue weighted by Gasteiger charge is 2.58. The second kappa shape index (κ2) is 7.40. The van der Waals surface area contributed by atoms with Crippen LogP contribution in [0.5, 0.6) is 0 Å². The van der Waals surface area contributed by atoms with Crippen LogP contribution in [-0.4, -0.2) is 32.1 Å². The van der Waals surface area contributed by atoms with Crippen LogP contribution < -0.4 is 5.32 Å². The minimum Gasteiger partial charge on any atom is -0.388 e. The van der Waals surface area contributed by atoms with Gasteiger partial charge in [0, 0.05) is 30.3 Å². The number of amides is 1. The highest BCUT2D eigenvalue weighted by molar-refractivity contribution is 5.94. The SMILES string of the molecule is CCC(C)(O)C(C(=O)NC12CC3CC(CC(C3)C1)C2)(c1ccncc1)c1ccncc1. The Morgan fingerprint density at radius 1 is 0.968 bits per heavy atom. The number of nitrogens with zero attached hydrogens (tertiary/aromatic N) is 2. The molecule has 2 N–H and O–H groups in total. The lowest BCUT2D eigenvalue weighted by Crippen LogP contribution is -2.66. The normalized spacial score (nSPS) is 31.3. The van der Waals surface area contributed by atoms with E-state index < -0.39 is 11.0 Å². The van der Waals surface area contributed by atoms with E-state index in [4.69, 9.17) is 0 Å². The topological polar surface area (TPSA) is 75.1 Å². The van der Waals surface area contributed by atoms with Crippen molar-refractivity contribution in [1.82, 2.24) is 15.3 Å². The van der Waals surface area contributed by atoms with Gasteiger partial charge in [0.05, 0.1) is 5.60 Å². The summed E-state index contributed by atoms with van der Waals surface area (Å²) in [5.74, 6) is 2.09. The van der Waals surface area contributed by atoms with Crippen molar-refractivity contribution in [3.63, 3.8) is 0 Å². The molecule has 4 aliphatic carbocycles. The van der Waals surface area contributed by atoms with Crippen LogP contribution in [0.4, 0.5) is 0 Å². The fourth-order valence-electron chi connectivity index (χ4n) is 7.36. The number of carbonyl (C=O) groups is 1. The summed E-state index contributed by atoms with van der Waals surface area (Å²) >= 11 is 0. The quantitative estimate of drug-likeness (QED) is 0.742. The van der Waals surface area contributed by atoms with Gasteiger partial charge < -0.3 is 10.4 Å². The maximum Gasteiger partial charge on any atom is 0.238 e. The summed E-state index contributed by atoms with van der Waals surface area (Å²) in [6.07, 6.45) is 14.4. The van der Waals surface area contributed by atoms with Crippen molar-refractivity contribution in [2.75, 3.05) is 0 Å². The molecule has 4 saturated carbocycles. The van der Waals surface area contributed by atoms with E-state index in [0.717, 1.165) is 48.1 Å². The van der Waals surface area contributed by atoms with Crippen molar-refractivity contribution in [2.45, 2.75) is 75.3 Å². The Morgan fingerprint density at radius 2 is 1.39 bits per heavy atom. The van der Waals surface area contributed by atoms with Crippen LogP contribution in [0, 0.1) is 17.8 Å². The predicted octanol–water partition coefficient (Wildman–Crippen LogP) is 4.01. The summed E-state index contributed by atoms with van der Waals surface area (Å²) in [4.78, 5) is 22.8. The molecule has 4 bridgehead atoms. The molecule has 31 heavy (non-hydrogen) atoms. The molecule has 0 aromatic carbocycles. The first kappa shape index (κ1) is 20.6. The Balaban J connectivity index is 1.63. The van der Waals surface area contributed by atoms with Gasteiger partial charge in [-0.2, -0.15) is 0 Å². The number of aromatic nitrogens is 2. The molecule has 0 aliphatic heterocycles. The van der Waals surface area contributed by atoms with Gasteiger partial charge in [-0.15, -0.1) is 0 Å². The smallest absolute Gasteiger partial charge is 0.238 e. The molecule has 2 aromatic rings. The van der Waals surface area contributed by atoms with Crippen molar-refractivity contribution in [1.29, 1.82) is 0 Å². The zero-order valence-electron chi connectivity index (χ0n) is 18.6. The number of aliphatic hydroxyl groups is 1. The van der Waals surface area contributed by atoms with E-state index in [1.54, 1.807) is 31.7 Å². The second-order valence-electron chi connectivity index (χ2n) is 10.5. The Labute approximate surface area is 184 Å². The van der Waals surface area contributed by atoms with Gasteiger partial charge >= 0.3 is 0 Å². The van der Waals surface area contributed by atoms with Gasteiger partial charge in [-0.05, 0) is 105 Å². The fraction of sp³-hybridized carbons (Fsp3) is 0.577. The minimum absolute atomic E-state index is 0.0984. The predicted molar refractivity (Wildman–Crippen MR) is 119 cm³/mol. The average Bonchev–Trinajstić information content (AvgIpc) is 2.74. The van der Waals surface area contributed by atoms with E-state index in [-0.39, 0.29) is 11.4 Å². The first-order chi connectivity index (χ1) is 14.9. The van der Waals surface area contributed by atoms with Crippen molar-refractivity contribution >= 4 is 5.91 Å². The number of rotatable bonds is 6. The molecule has 5 nitrogen and oxygen atoms in total. The van der Waals surface area contributed by atoms with Crippen LogP contribution in [0.2, 0.25) is 0 Å². The van der Waals surface area contributed by atoms with Crippen molar-refractivity contribution < 1.29 is 9.90 Å². The zero-order chi connectivity index (χ0) is 21.7. The molecule has 1 atom stereocenters. The van der Waals surface area contributed by atoms with Gasteiger partial charge in [0.25, 0.3) is 0 Å². The lowest BCUT2D eigenvalue weighted by molar-refractivity contribution is -0.140. The van der Waals surface area contributed by atoms with Crippen molar-refractivity contribution in [3.05, 3.63) is 60.2 Å². The van der Waals surface area contributed by atoms with Crippen LogP contribution in [0.25, 0.3) is 0 Å². The molecule has 6 rings (SSSR count). The molecule has 5 heteroatoms. The van der Waals surface area contributed by atoms with Crippen molar-refractivity contribution in [2.24, 2.45) is 17.8 Å². The minimum atomic E-state index is -1.29. The van der Waals surface area contributed by atoms with E-state index >= 15 is 0 Å². The summed E-state index contributed by atoms with van der Waals surface area (Å²) in [7, 11) is 0. The Hall–Kier alpha value is -2.27. The summed E-state index contributed by atoms with van der Waals surface area (Å²) in [5.41, 5.74) is -1.13. The highest BCUT2D eigenvalue weighted by Crippen LogP contribution is 2.56. The molecule has 164 valence electrons. The van der Waals surface area contributed by atoms with Gasteiger partial charge in [0.15, 0.2) is 0 Å². The lowest BCUT2D eigenvalue weighted by atomic mass is 9.52. The highest BCUT2D eigenvalue weighted by atomic mass is 16.3. The summed E-state index contributed by atoms with van der Waals surface area (Å²) in [6, 6.07) is 7.46. The van der Waals surface area contributed by atoms with Gasteiger partial charge in [0.1, 0.15) is 5.41 Å². The van der Waals surface area contributed by atoms with Crippen LogP contribution in [0.15, 0.2) is 49.1 Å². The Morgan fingerprint density at radius 3 is 1.77 bits per heavy atom. The first-order valence-electron chi connectivity index (χ1n) is 11.7. The number of carbonyl (C=O) groups excluding carboxylic acids is 1. The van der Waals surface area contributed by atoms with Crippen molar-refractivity contribution in [3.8, 4) is 0 Å². The van der Waals surface area contributed by atoms with Gasteiger partial charge in [-0.25, -0.2) is 0 Å². The molecule has 1 unspecified atom stereocenters. The largest absolute Gasteiger partial charge is 0.388 e. The standard InChI is InChI=1S/C26H33N3O2/c1-3-24(2,31)26(21-4-8-27-9-5-21,22-6-10-28-11-7-22)23(30)29-25-15-18-12-19(16-25)14-20(13-18)17-25/h4-11,18-20,31H,3,12-17H2,1-2H3,(H,29,30). The maximum absolute atomic E-state index is 14.4. The fourth-order valence-corrected chi connectivity index (χ4v) is 7.36. The van der Waals surface area contributed by atoms with Gasteiger partial charge in [-0.1, -0.05) is 6.92 Å². The summed E-state index contributed by atoms with van der Waals surface area (Å²) < 4.78 is 0. The molecule has 2 aromatic heterocycles. The van der Waals surface area contributed by atoms with E-state index in [0.29, 0.717) is 6.42 Å². The van der Waals surface area contributed by atoms with Crippen LogP contribution in [-0.2, 0) is 10.2 Å². The lowest BCUT2D eigenvalue weighted by Gasteiger charge is -2.58. The Kier molecular flexibility index (Phi) is 4.93. The molecular formula is C26H33N3O2. The van der Waals surface area contributed by atoms with E-state index in [1.807, 2.05) is 31.2 Å². The molecule has 4 fully saturated rings. The third-order valence-electron chi connectivity index (χ3n) is 8.48. The third-order valence-corrected chi connectivity index (χ3v) is 8.48. The summed E-state index contributed by atoms with van der Waals surface area (Å²) in [5, 5.41) is 15.4. The zero-order valence-corrected chi connectivity index (χ0v) is 18.6. The van der Waals surface area contributed by atoms with Gasteiger partial charge in [-0.3, -0.25) is 14.8 Å². The molecule has 0 saturated heterocycles. The molecular weight excluding hydrogens is 386 g/mol. The molecule has 1 amide bonds. The summed E-state index contributed by atoms with van der Waals surface area (Å²) in [6.45, 7) is 3.72. The number of nitrogens with one attached hydrogen (secondary N) is 1. The Bertz CT molecular complexity index is 867. The monoisotopic (exact) mass is 419 g/mol. The van der Waals surface area contributed by atoms with E-state index in [9.17, 15) is 9.90 Å². The van der Waals surface area contributed by atoms with Gasteiger partial charge in [0.2, 0.25) is 5.91 Å². The third kappa shape index (κ3) is 3.20. The van der Waals surface area contributed by atoms with Crippen LogP contribution in [0.3, 0.4) is 0 Å². The number of hydrogen-bond donors (Lipinski definition) is 2. The molecule has 0 radical (unpaired) electrons. The van der Waals surface area contributed by atoms with E-state index in [2.05, 4.69) is 15.3 Å².